The molecule has 1 amide bonds. The first-order valence-corrected chi connectivity index (χ1v) is 9.18. The van der Waals surface area contributed by atoms with Crippen molar-refractivity contribution in [3.05, 3.63) is 29.8 Å². The Kier molecular flexibility index (Phi) is 6.04. The molecule has 0 spiro atoms. The highest BCUT2D eigenvalue weighted by molar-refractivity contribution is 7.99. The van der Waals surface area contributed by atoms with E-state index >= 15 is 0 Å². The van der Waals surface area contributed by atoms with Gasteiger partial charge < -0.3 is 9.32 Å². The van der Waals surface area contributed by atoms with Gasteiger partial charge in [-0.2, -0.15) is 0 Å². The molecule has 0 atom stereocenters. The second-order valence-electron chi connectivity index (χ2n) is 6.56. The molecule has 0 radical (unpaired) electrons. The van der Waals surface area contributed by atoms with E-state index < -0.39 is 0 Å². The van der Waals surface area contributed by atoms with E-state index in [2.05, 4.69) is 43.1 Å². The standard InChI is InChI=1S/C18H25N3O2S/c1-6-21(7-2)15(22)12-24-17-20-19-16(23-17)13-8-10-14(11-9-13)18(3,4)5/h8-11H,6-7,12H2,1-5H3. The normalized spacial score (nSPS) is 11.5. The number of rotatable bonds is 6. The van der Waals surface area contributed by atoms with E-state index in [1.165, 1.54) is 17.3 Å². The maximum atomic E-state index is 12.0. The maximum Gasteiger partial charge on any atom is 0.277 e. The molecule has 130 valence electrons. The third kappa shape index (κ3) is 4.60. The molecule has 0 saturated heterocycles. The minimum absolute atomic E-state index is 0.0827. The van der Waals surface area contributed by atoms with Crippen LogP contribution in [0.3, 0.4) is 0 Å². The fourth-order valence-electron chi connectivity index (χ4n) is 2.29. The summed E-state index contributed by atoms with van der Waals surface area (Å²) in [5.74, 6) is 0.874. The smallest absolute Gasteiger partial charge is 0.277 e. The molecule has 0 N–H and O–H groups in total. The summed E-state index contributed by atoms with van der Waals surface area (Å²) in [5.41, 5.74) is 2.25. The predicted octanol–water partition coefficient (Wildman–Crippen LogP) is 3.99. The van der Waals surface area contributed by atoms with Gasteiger partial charge in [-0.3, -0.25) is 4.79 Å². The van der Waals surface area contributed by atoms with Crippen LogP contribution in [0.5, 0.6) is 0 Å². The molecule has 0 aliphatic heterocycles. The van der Waals surface area contributed by atoms with E-state index in [9.17, 15) is 4.79 Å². The lowest BCUT2D eigenvalue weighted by atomic mass is 9.87. The van der Waals surface area contributed by atoms with Gasteiger partial charge in [0, 0.05) is 18.7 Å². The SMILES string of the molecule is CCN(CC)C(=O)CSc1nnc(-c2ccc(C(C)(C)C)cc2)o1. The largest absolute Gasteiger partial charge is 0.411 e. The molecule has 6 heteroatoms. The van der Waals surface area contributed by atoms with Crippen LogP contribution < -0.4 is 0 Å². The quantitative estimate of drug-likeness (QED) is 0.739. The highest BCUT2D eigenvalue weighted by Gasteiger charge is 2.16. The molecule has 0 bridgehead atoms. The van der Waals surface area contributed by atoms with E-state index in [-0.39, 0.29) is 11.3 Å². The molecular formula is C18H25N3O2S. The third-order valence-electron chi connectivity index (χ3n) is 3.84. The number of aromatic nitrogens is 2. The Hall–Kier alpha value is -1.82. The highest BCUT2D eigenvalue weighted by atomic mass is 32.2. The van der Waals surface area contributed by atoms with Gasteiger partial charge in [-0.15, -0.1) is 10.2 Å². The molecule has 1 aromatic heterocycles. The van der Waals surface area contributed by atoms with Crippen molar-refractivity contribution in [2.45, 2.75) is 45.3 Å². The molecule has 0 fully saturated rings. The van der Waals surface area contributed by atoms with E-state index in [0.29, 0.717) is 30.0 Å². The van der Waals surface area contributed by atoms with Gasteiger partial charge in [0.25, 0.3) is 5.22 Å². The van der Waals surface area contributed by atoms with E-state index in [0.717, 1.165) is 5.56 Å². The van der Waals surface area contributed by atoms with Crippen LogP contribution in [0.4, 0.5) is 0 Å². The average Bonchev–Trinajstić information content (AvgIpc) is 3.02. The second-order valence-corrected chi connectivity index (χ2v) is 7.48. The first-order valence-electron chi connectivity index (χ1n) is 8.20. The van der Waals surface area contributed by atoms with Crippen molar-refractivity contribution < 1.29 is 9.21 Å². The molecule has 5 nitrogen and oxygen atoms in total. The van der Waals surface area contributed by atoms with Gasteiger partial charge in [0.15, 0.2) is 0 Å². The Morgan fingerprint density at radius 1 is 1.12 bits per heavy atom. The number of amides is 1. The molecule has 0 aliphatic rings. The molecule has 0 unspecified atom stereocenters. The number of hydrogen-bond acceptors (Lipinski definition) is 5. The Balaban J connectivity index is 2.01. The van der Waals surface area contributed by atoms with E-state index in [1.54, 1.807) is 4.90 Å². The first-order chi connectivity index (χ1) is 11.3. The summed E-state index contributed by atoms with van der Waals surface area (Å²) in [5, 5.41) is 8.52. The Morgan fingerprint density at radius 2 is 1.75 bits per heavy atom. The van der Waals surface area contributed by atoms with Crippen LogP contribution in [-0.4, -0.2) is 39.8 Å². The van der Waals surface area contributed by atoms with Crippen molar-refractivity contribution in [1.82, 2.24) is 15.1 Å². The summed E-state index contributed by atoms with van der Waals surface area (Å²) in [7, 11) is 0. The summed E-state index contributed by atoms with van der Waals surface area (Å²) in [4.78, 5) is 13.8. The molecular weight excluding hydrogens is 322 g/mol. The second kappa shape index (κ2) is 7.83. The molecule has 24 heavy (non-hydrogen) atoms. The minimum atomic E-state index is 0.0827. The van der Waals surface area contributed by atoms with Crippen LogP contribution in [0.15, 0.2) is 33.9 Å². The molecule has 0 saturated carbocycles. The van der Waals surface area contributed by atoms with Gasteiger partial charge in [-0.05, 0) is 37.0 Å². The summed E-state index contributed by atoms with van der Waals surface area (Å²) < 4.78 is 5.66. The Morgan fingerprint density at radius 3 is 2.29 bits per heavy atom. The van der Waals surface area contributed by atoms with Crippen molar-refractivity contribution in [3.63, 3.8) is 0 Å². The fraction of sp³-hybridized carbons (Fsp3) is 0.500. The van der Waals surface area contributed by atoms with E-state index in [4.69, 9.17) is 4.42 Å². The topological polar surface area (TPSA) is 59.2 Å². The summed E-state index contributed by atoms with van der Waals surface area (Å²) in [6, 6.07) is 8.14. The van der Waals surface area contributed by atoms with Crippen molar-refractivity contribution in [2.24, 2.45) is 0 Å². The van der Waals surface area contributed by atoms with Gasteiger partial charge in [-0.1, -0.05) is 44.7 Å². The Labute approximate surface area is 147 Å². The maximum absolute atomic E-state index is 12.0. The summed E-state index contributed by atoms with van der Waals surface area (Å²) in [6.07, 6.45) is 0. The average molecular weight is 347 g/mol. The zero-order valence-corrected chi connectivity index (χ0v) is 15.8. The predicted molar refractivity (Wildman–Crippen MR) is 97.1 cm³/mol. The number of hydrogen-bond donors (Lipinski definition) is 0. The van der Waals surface area contributed by atoms with Crippen molar-refractivity contribution >= 4 is 17.7 Å². The van der Waals surface area contributed by atoms with Gasteiger partial charge in [0.2, 0.25) is 11.8 Å². The number of carbonyl (C=O) groups excluding carboxylic acids is 1. The van der Waals surface area contributed by atoms with Crippen LogP contribution in [0.1, 0.15) is 40.2 Å². The van der Waals surface area contributed by atoms with Crippen molar-refractivity contribution in [2.75, 3.05) is 18.8 Å². The van der Waals surface area contributed by atoms with Crippen LogP contribution in [0.2, 0.25) is 0 Å². The molecule has 1 heterocycles. The lowest BCUT2D eigenvalue weighted by Gasteiger charge is -2.18. The first kappa shape index (κ1) is 18.5. The van der Waals surface area contributed by atoms with Gasteiger partial charge in [0.1, 0.15) is 0 Å². The van der Waals surface area contributed by atoms with Gasteiger partial charge >= 0.3 is 0 Å². The van der Waals surface area contributed by atoms with E-state index in [1.807, 2.05) is 26.0 Å². The summed E-state index contributed by atoms with van der Waals surface area (Å²) in [6.45, 7) is 11.9. The van der Waals surface area contributed by atoms with Crippen molar-refractivity contribution in [1.29, 1.82) is 0 Å². The Bertz CT molecular complexity index is 670. The fourth-order valence-corrected chi connectivity index (χ4v) is 2.95. The number of thioether (sulfide) groups is 1. The zero-order chi connectivity index (χ0) is 17.7. The van der Waals surface area contributed by atoms with Gasteiger partial charge in [0.05, 0.1) is 5.75 Å². The zero-order valence-electron chi connectivity index (χ0n) is 15.0. The monoisotopic (exact) mass is 347 g/mol. The lowest BCUT2D eigenvalue weighted by molar-refractivity contribution is -0.127. The number of carbonyl (C=O) groups is 1. The van der Waals surface area contributed by atoms with Crippen LogP contribution in [0, 0.1) is 0 Å². The number of nitrogens with zero attached hydrogens (tertiary/aromatic N) is 3. The highest BCUT2D eigenvalue weighted by Crippen LogP contribution is 2.27. The van der Waals surface area contributed by atoms with Crippen molar-refractivity contribution in [3.8, 4) is 11.5 Å². The molecule has 0 aliphatic carbocycles. The third-order valence-corrected chi connectivity index (χ3v) is 4.64. The lowest BCUT2D eigenvalue weighted by Crippen LogP contribution is -2.31. The number of benzene rings is 1. The van der Waals surface area contributed by atoms with Gasteiger partial charge in [-0.25, -0.2) is 0 Å². The molecule has 1 aromatic carbocycles. The minimum Gasteiger partial charge on any atom is -0.411 e. The molecule has 2 aromatic rings. The van der Waals surface area contributed by atoms with Crippen LogP contribution >= 0.6 is 11.8 Å². The summed E-state index contributed by atoms with van der Waals surface area (Å²) >= 11 is 1.28. The molecule has 2 rings (SSSR count). The van der Waals surface area contributed by atoms with Crippen LogP contribution in [0.25, 0.3) is 11.5 Å². The van der Waals surface area contributed by atoms with Crippen LogP contribution in [-0.2, 0) is 10.2 Å².